The first-order valence-corrected chi connectivity index (χ1v) is 7.32. The Morgan fingerprint density at radius 1 is 1.36 bits per heavy atom. The van der Waals surface area contributed by atoms with Crippen LogP contribution in [0.1, 0.15) is 5.69 Å². The summed E-state index contributed by atoms with van der Waals surface area (Å²) in [5.74, 6) is 0.579. The number of amides is 1. The number of primary amides is 1. The lowest BCUT2D eigenvalue weighted by atomic mass is 10.2. The maximum absolute atomic E-state index is 12.6. The zero-order valence-corrected chi connectivity index (χ0v) is 12.7. The number of aromatic nitrogens is 1. The minimum Gasteiger partial charge on any atom is -0.489 e. The molecule has 0 spiro atoms. The molecule has 7 heteroatoms. The molecule has 0 aliphatic rings. The van der Waals surface area contributed by atoms with Crippen LogP contribution in [-0.4, -0.2) is 24.3 Å². The number of carbonyl (C=O) groups excluding carboxylic acids is 1. The number of halogens is 1. The van der Waals surface area contributed by atoms with Crippen LogP contribution in [0, 0.1) is 6.92 Å². The van der Waals surface area contributed by atoms with Crippen molar-refractivity contribution in [1.82, 2.24) is 4.98 Å². The Morgan fingerprint density at radius 2 is 2.09 bits per heavy atom. The van der Waals surface area contributed by atoms with Gasteiger partial charge in [0.1, 0.15) is 24.0 Å². The predicted molar refractivity (Wildman–Crippen MR) is 82.5 cm³/mol. The van der Waals surface area contributed by atoms with Crippen molar-refractivity contribution in [3.8, 4) is 16.3 Å². The maximum atomic E-state index is 12.6. The van der Waals surface area contributed by atoms with E-state index in [2.05, 4.69) is 9.72 Å². The topological polar surface area (TPSA) is 74.4 Å². The van der Waals surface area contributed by atoms with Crippen molar-refractivity contribution >= 4 is 17.4 Å². The van der Waals surface area contributed by atoms with Gasteiger partial charge in [-0.25, -0.2) is 14.2 Å². The number of nitrogens with two attached hydrogens (primary N) is 1. The van der Waals surface area contributed by atoms with Crippen molar-refractivity contribution in [2.45, 2.75) is 6.92 Å². The second-order valence-electron chi connectivity index (χ2n) is 4.48. The second-order valence-corrected chi connectivity index (χ2v) is 5.34. The largest absolute Gasteiger partial charge is 0.489 e. The number of thiazole rings is 1. The van der Waals surface area contributed by atoms with E-state index in [4.69, 9.17) is 10.5 Å². The summed E-state index contributed by atoms with van der Waals surface area (Å²) in [7, 11) is 0. The Balaban J connectivity index is 1.92. The normalized spacial score (nSPS) is 11.3. The monoisotopic (exact) mass is 322 g/mol. The van der Waals surface area contributed by atoms with Crippen LogP contribution in [-0.2, 0) is 4.74 Å². The number of rotatable bonds is 6. The number of aryl methyl sites for hydroxylation is 1. The lowest BCUT2D eigenvalue weighted by molar-refractivity contribution is 0.162. The number of nitrogens with zero attached hydrogens (tertiary/aromatic N) is 1. The van der Waals surface area contributed by atoms with Gasteiger partial charge in [-0.15, -0.1) is 11.3 Å². The number of carbonyl (C=O) groups is 1. The molecule has 1 heterocycles. The smallest absolute Gasteiger partial charge is 0.404 e. The third kappa shape index (κ3) is 4.56. The first-order chi connectivity index (χ1) is 10.6. The van der Waals surface area contributed by atoms with Gasteiger partial charge in [-0.3, -0.25) is 0 Å². The summed E-state index contributed by atoms with van der Waals surface area (Å²) in [4.78, 5) is 14.9. The zero-order chi connectivity index (χ0) is 15.9. The average molecular weight is 322 g/mol. The molecule has 0 fully saturated rings. The molecular weight excluding hydrogens is 307 g/mol. The van der Waals surface area contributed by atoms with Gasteiger partial charge in [-0.2, -0.15) is 0 Å². The highest BCUT2D eigenvalue weighted by Gasteiger charge is 2.05. The van der Waals surface area contributed by atoms with E-state index in [1.54, 1.807) is 23.5 Å². The molecule has 5 nitrogen and oxygen atoms in total. The number of hydrogen-bond donors (Lipinski definition) is 1. The Labute approximate surface area is 131 Å². The molecule has 2 rings (SSSR count). The number of hydrogen-bond acceptors (Lipinski definition) is 5. The van der Waals surface area contributed by atoms with Crippen molar-refractivity contribution in [3.05, 3.63) is 47.2 Å². The molecular formula is C15H15FN2O3S. The molecule has 0 saturated heterocycles. The molecule has 1 aromatic carbocycles. The molecule has 2 N–H and O–H groups in total. The van der Waals surface area contributed by atoms with Gasteiger partial charge in [0.2, 0.25) is 0 Å². The van der Waals surface area contributed by atoms with E-state index < -0.39 is 6.09 Å². The molecule has 0 radical (unpaired) electrons. The van der Waals surface area contributed by atoms with Crippen molar-refractivity contribution < 1.29 is 18.7 Å². The second kappa shape index (κ2) is 7.56. The van der Waals surface area contributed by atoms with E-state index >= 15 is 0 Å². The first kappa shape index (κ1) is 16.0. The molecule has 0 atom stereocenters. The van der Waals surface area contributed by atoms with Gasteiger partial charge in [0.05, 0.1) is 6.33 Å². The van der Waals surface area contributed by atoms with Crippen LogP contribution in [0.4, 0.5) is 9.18 Å². The van der Waals surface area contributed by atoms with E-state index in [-0.39, 0.29) is 18.8 Å². The highest BCUT2D eigenvalue weighted by Crippen LogP contribution is 2.25. The summed E-state index contributed by atoms with van der Waals surface area (Å²) >= 11 is 1.57. The number of ether oxygens (including phenoxy) is 2. The predicted octanol–water partition coefficient (Wildman–Crippen LogP) is 3.45. The fraction of sp³-hybridized carbons (Fsp3) is 0.200. The van der Waals surface area contributed by atoms with Gasteiger partial charge >= 0.3 is 6.09 Å². The molecule has 0 aliphatic carbocycles. The zero-order valence-electron chi connectivity index (χ0n) is 11.9. The molecule has 0 aliphatic heterocycles. The average Bonchev–Trinajstić information content (AvgIpc) is 2.94. The lowest BCUT2D eigenvalue weighted by Crippen LogP contribution is -2.16. The Kier molecular flexibility index (Phi) is 5.48. The van der Waals surface area contributed by atoms with Crippen molar-refractivity contribution in [1.29, 1.82) is 0 Å². The van der Waals surface area contributed by atoms with Crippen molar-refractivity contribution in [2.24, 2.45) is 5.73 Å². The fourth-order valence-electron chi connectivity index (χ4n) is 1.62. The summed E-state index contributed by atoms with van der Waals surface area (Å²) in [6, 6.07) is 7.31. The van der Waals surface area contributed by atoms with Crippen molar-refractivity contribution in [3.63, 3.8) is 0 Å². The van der Waals surface area contributed by atoms with E-state index in [0.717, 1.165) is 16.3 Å². The minimum absolute atomic E-state index is 0.0283. The van der Waals surface area contributed by atoms with Gasteiger partial charge in [-0.1, -0.05) is 0 Å². The van der Waals surface area contributed by atoms with Gasteiger partial charge in [0.25, 0.3) is 0 Å². The highest BCUT2D eigenvalue weighted by atomic mass is 32.1. The van der Waals surface area contributed by atoms with Gasteiger partial charge in [-0.05, 0) is 31.2 Å². The van der Waals surface area contributed by atoms with Crippen LogP contribution in [0.25, 0.3) is 10.6 Å². The lowest BCUT2D eigenvalue weighted by Gasteiger charge is -2.09. The number of benzene rings is 1. The Morgan fingerprint density at radius 3 is 2.64 bits per heavy atom. The highest BCUT2D eigenvalue weighted by molar-refractivity contribution is 7.13. The molecule has 0 unspecified atom stereocenters. The Bertz CT molecular complexity index is 668. The van der Waals surface area contributed by atoms with Gasteiger partial charge in [0.15, 0.2) is 0 Å². The van der Waals surface area contributed by atoms with E-state index in [1.165, 1.54) is 0 Å². The molecule has 1 aromatic heterocycles. The fourth-order valence-corrected chi connectivity index (χ4v) is 2.43. The first-order valence-electron chi connectivity index (χ1n) is 6.44. The van der Waals surface area contributed by atoms with E-state index in [1.807, 2.05) is 24.4 Å². The summed E-state index contributed by atoms with van der Waals surface area (Å²) in [5, 5.41) is 2.92. The Hall–Kier alpha value is -2.41. The molecule has 22 heavy (non-hydrogen) atoms. The third-order valence-corrected chi connectivity index (χ3v) is 3.71. The van der Waals surface area contributed by atoms with Crippen LogP contribution in [0.5, 0.6) is 5.75 Å². The van der Waals surface area contributed by atoms with Crippen LogP contribution in [0.2, 0.25) is 0 Å². The molecule has 1 amide bonds. The van der Waals surface area contributed by atoms with Crippen LogP contribution in [0.15, 0.2) is 41.5 Å². The van der Waals surface area contributed by atoms with Crippen LogP contribution in [0.3, 0.4) is 0 Å². The molecule has 2 aromatic rings. The van der Waals surface area contributed by atoms with E-state index in [9.17, 15) is 9.18 Å². The molecule has 0 bridgehead atoms. The summed E-state index contributed by atoms with van der Waals surface area (Å²) in [6.45, 7) is 1.68. The summed E-state index contributed by atoms with van der Waals surface area (Å²) < 4.78 is 22.6. The van der Waals surface area contributed by atoms with Gasteiger partial charge < -0.3 is 15.2 Å². The third-order valence-electron chi connectivity index (χ3n) is 2.70. The summed E-state index contributed by atoms with van der Waals surface area (Å²) in [6.07, 6.45) is -0.613. The summed E-state index contributed by atoms with van der Waals surface area (Å²) in [5.41, 5.74) is 6.97. The molecule has 0 saturated carbocycles. The van der Waals surface area contributed by atoms with Crippen LogP contribution < -0.4 is 10.5 Å². The standard InChI is InChI=1S/C15H15FN2O3S/c1-10-9-22-14(18-10)12-2-4-13(5-3-12)20-7-11(6-16)8-21-15(17)19/h2-6,9H,7-8H2,1H3,(H2,17,19). The van der Waals surface area contributed by atoms with Crippen LogP contribution >= 0.6 is 11.3 Å². The SMILES string of the molecule is Cc1csc(-c2ccc(OCC(=CF)COC(N)=O)cc2)n1. The molecule has 116 valence electrons. The van der Waals surface area contributed by atoms with E-state index in [0.29, 0.717) is 12.1 Å². The maximum Gasteiger partial charge on any atom is 0.404 e. The quantitative estimate of drug-likeness (QED) is 0.884. The van der Waals surface area contributed by atoms with Crippen molar-refractivity contribution in [2.75, 3.05) is 13.2 Å². The van der Waals surface area contributed by atoms with Gasteiger partial charge in [0, 0.05) is 22.2 Å². The minimum atomic E-state index is -0.956.